The third-order valence-corrected chi connectivity index (χ3v) is 3.34. The van der Waals surface area contributed by atoms with Crippen LogP contribution in [0.4, 0.5) is 4.39 Å². The van der Waals surface area contributed by atoms with Crippen LogP contribution in [-0.2, 0) is 0 Å². The number of hydrogen-bond donors (Lipinski definition) is 1. The Bertz CT molecular complexity index is 786. The van der Waals surface area contributed by atoms with Crippen molar-refractivity contribution in [2.24, 2.45) is 0 Å². The summed E-state index contributed by atoms with van der Waals surface area (Å²) in [6, 6.07) is 10.9. The lowest BCUT2D eigenvalue weighted by atomic mass is 10.2. The van der Waals surface area contributed by atoms with Gasteiger partial charge in [-0.25, -0.2) is 9.18 Å². The highest BCUT2D eigenvalue weighted by Crippen LogP contribution is 2.29. The van der Waals surface area contributed by atoms with E-state index in [1.165, 1.54) is 18.4 Å². The van der Waals surface area contributed by atoms with Gasteiger partial charge < -0.3 is 14.1 Å². The highest BCUT2D eigenvalue weighted by atomic mass is 19.1. The van der Waals surface area contributed by atoms with Gasteiger partial charge in [0.25, 0.3) is 0 Å². The molecule has 0 spiro atoms. The van der Waals surface area contributed by atoms with Crippen molar-refractivity contribution in [3.05, 3.63) is 65.8 Å². The van der Waals surface area contributed by atoms with Gasteiger partial charge in [-0.2, -0.15) is 0 Å². The van der Waals surface area contributed by atoms with Crippen LogP contribution in [0.2, 0.25) is 0 Å². The lowest BCUT2D eigenvalue weighted by molar-refractivity contribution is 0.0696. The molecule has 2 heterocycles. The van der Waals surface area contributed by atoms with Crippen LogP contribution in [0, 0.1) is 12.7 Å². The number of carboxylic acids is 1. The molecule has 1 aromatic carbocycles. The topological polar surface area (TPSA) is 55.4 Å². The maximum absolute atomic E-state index is 13.1. The van der Waals surface area contributed by atoms with Crippen molar-refractivity contribution in [3.63, 3.8) is 0 Å². The summed E-state index contributed by atoms with van der Waals surface area (Å²) in [5, 5.41) is 9.29. The SMILES string of the molecule is Cc1c(C(=O)O)cc(-c2ccco2)n1-c1ccc(F)cc1. The zero-order chi connectivity index (χ0) is 15.0. The molecule has 0 saturated carbocycles. The Hall–Kier alpha value is -2.82. The van der Waals surface area contributed by atoms with Crippen LogP contribution < -0.4 is 0 Å². The van der Waals surface area contributed by atoms with Crippen molar-refractivity contribution in [1.82, 2.24) is 4.57 Å². The standard InChI is InChI=1S/C16H12FNO3/c1-10-13(16(19)20)9-14(15-3-2-8-21-15)18(10)12-6-4-11(17)5-7-12/h2-9H,1H3,(H,19,20). The quantitative estimate of drug-likeness (QED) is 0.794. The summed E-state index contributed by atoms with van der Waals surface area (Å²) in [5.74, 6) is -0.808. The molecule has 0 saturated heterocycles. The first-order chi connectivity index (χ1) is 10.1. The second kappa shape index (κ2) is 4.94. The van der Waals surface area contributed by atoms with E-state index in [0.29, 0.717) is 22.8 Å². The predicted octanol–water partition coefficient (Wildman–Crippen LogP) is 3.88. The minimum atomic E-state index is -1.01. The fraction of sp³-hybridized carbons (Fsp3) is 0.0625. The monoisotopic (exact) mass is 285 g/mol. The van der Waals surface area contributed by atoms with E-state index in [0.717, 1.165) is 0 Å². The Morgan fingerprint density at radius 3 is 2.52 bits per heavy atom. The van der Waals surface area contributed by atoms with Crippen LogP contribution in [0.15, 0.2) is 53.1 Å². The van der Waals surface area contributed by atoms with Crippen LogP contribution >= 0.6 is 0 Å². The highest BCUT2D eigenvalue weighted by Gasteiger charge is 2.20. The average molecular weight is 285 g/mol. The molecule has 0 aliphatic heterocycles. The summed E-state index contributed by atoms with van der Waals surface area (Å²) in [7, 11) is 0. The van der Waals surface area contributed by atoms with Gasteiger partial charge in [-0.05, 0) is 49.4 Å². The third kappa shape index (κ3) is 2.23. The van der Waals surface area contributed by atoms with E-state index in [1.54, 1.807) is 41.8 Å². The van der Waals surface area contributed by atoms with Gasteiger partial charge in [0, 0.05) is 11.4 Å². The number of hydrogen-bond acceptors (Lipinski definition) is 2. The van der Waals surface area contributed by atoms with E-state index in [9.17, 15) is 14.3 Å². The predicted molar refractivity (Wildman–Crippen MR) is 75.1 cm³/mol. The van der Waals surface area contributed by atoms with Crippen LogP contribution in [-0.4, -0.2) is 15.6 Å². The molecule has 1 N–H and O–H groups in total. The van der Waals surface area contributed by atoms with Gasteiger partial charge in [0.15, 0.2) is 5.76 Å². The number of rotatable bonds is 3. The number of furan rings is 1. The zero-order valence-corrected chi connectivity index (χ0v) is 11.2. The van der Waals surface area contributed by atoms with Gasteiger partial charge in [-0.3, -0.25) is 0 Å². The number of aromatic nitrogens is 1. The van der Waals surface area contributed by atoms with Gasteiger partial charge in [-0.15, -0.1) is 0 Å². The van der Waals surface area contributed by atoms with Gasteiger partial charge >= 0.3 is 5.97 Å². The summed E-state index contributed by atoms with van der Waals surface area (Å²) < 4.78 is 20.2. The largest absolute Gasteiger partial charge is 0.478 e. The first-order valence-corrected chi connectivity index (χ1v) is 6.33. The molecule has 0 atom stereocenters. The van der Waals surface area contributed by atoms with Crippen molar-refractivity contribution in [2.75, 3.05) is 0 Å². The Labute approximate surface area is 120 Å². The lowest BCUT2D eigenvalue weighted by Gasteiger charge is -2.10. The van der Waals surface area contributed by atoms with E-state index in [4.69, 9.17) is 4.42 Å². The van der Waals surface area contributed by atoms with Gasteiger partial charge in [-0.1, -0.05) is 0 Å². The van der Waals surface area contributed by atoms with E-state index in [-0.39, 0.29) is 11.4 Å². The molecule has 0 unspecified atom stereocenters. The molecule has 106 valence electrons. The highest BCUT2D eigenvalue weighted by molar-refractivity contribution is 5.91. The van der Waals surface area contributed by atoms with Crippen molar-refractivity contribution in [2.45, 2.75) is 6.92 Å². The molecular formula is C16H12FNO3. The molecule has 3 rings (SSSR count). The second-order valence-corrected chi connectivity index (χ2v) is 4.62. The summed E-state index contributed by atoms with van der Waals surface area (Å²) in [4.78, 5) is 11.3. The Morgan fingerprint density at radius 2 is 1.95 bits per heavy atom. The fourth-order valence-corrected chi connectivity index (χ4v) is 2.35. The maximum atomic E-state index is 13.1. The Balaban J connectivity index is 2.26. The molecule has 0 fully saturated rings. The minimum absolute atomic E-state index is 0.186. The van der Waals surface area contributed by atoms with Crippen LogP contribution in [0.1, 0.15) is 16.1 Å². The Kier molecular flexibility index (Phi) is 3.10. The van der Waals surface area contributed by atoms with E-state index >= 15 is 0 Å². The number of nitrogens with zero attached hydrogens (tertiary/aromatic N) is 1. The molecule has 0 amide bonds. The lowest BCUT2D eigenvalue weighted by Crippen LogP contribution is -2.02. The van der Waals surface area contributed by atoms with E-state index < -0.39 is 5.97 Å². The zero-order valence-electron chi connectivity index (χ0n) is 11.2. The van der Waals surface area contributed by atoms with E-state index in [2.05, 4.69) is 0 Å². The molecule has 2 aromatic heterocycles. The summed E-state index contributed by atoms with van der Waals surface area (Å²) in [5.41, 5.74) is 2.03. The molecule has 21 heavy (non-hydrogen) atoms. The second-order valence-electron chi connectivity index (χ2n) is 4.62. The summed E-state index contributed by atoms with van der Waals surface area (Å²) in [6.45, 7) is 1.71. The maximum Gasteiger partial charge on any atom is 0.337 e. The van der Waals surface area contributed by atoms with Crippen LogP contribution in [0.25, 0.3) is 17.1 Å². The van der Waals surface area contributed by atoms with Gasteiger partial charge in [0.1, 0.15) is 5.82 Å². The van der Waals surface area contributed by atoms with Crippen molar-refractivity contribution >= 4 is 5.97 Å². The number of aromatic carboxylic acids is 1. The van der Waals surface area contributed by atoms with E-state index in [1.807, 2.05) is 0 Å². The molecule has 0 aliphatic rings. The first-order valence-electron chi connectivity index (χ1n) is 6.33. The summed E-state index contributed by atoms with van der Waals surface area (Å²) >= 11 is 0. The number of carbonyl (C=O) groups is 1. The average Bonchev–Trinajstić information content (AvgIpc) is 3.07. The third-order valence-electron chi connectivity index (χ3n) is 3.34. The number of halogens is 1. The van der Waals surface area contributed by atoms with Crippen molar-refractivity contribution in [1.29, 1.82) is 0 Å². The normalized spacial score (nSPS) is 10.8. The first kappa shape index (κ1) is 13.2. The molecule has 5 heteroatoms. The molecule has 0 aliphatic carbocycles. The summed E-state index contributed by atoms with van der Waals surface area (Å²) in [6.07, 6.45) is 1.52. The van der Waals surface area contributed by atoms with Crippen molar-refractivity contribution < 1.29 is 18.7 Å². The minimum Gasteiger partial charge on any atom is -0.478 e. The molecule has 0 radical (unpaired) electrons. The molecular weight excluding hydrogens is 273 g/mol. The molecule has 0 bridgehead atoms. The van der Waals surface area contributed by atoms with Crippen LogP contribution in [0.3, 0.4) is 0 Å². The van der Waals surface area contributed by atoms with Crippen molar-refractivity contribution in [3.8, 4) is 17.1 Å². The smallest absolute Gasteiger partial charge is 0.337 e. The molecule has 4 nitrogen and oxygen atoms in total. The Morgan fingerprint density at radius 1 is 1.24 bits per heavy atom. The fourth-order valence-electron chi connectivity index (χ4n) is 2.35. The number of benzene rings is 1. The number of carboxylic acid groups (broad SMARTS) is 1. The molecule has 3 aromatic rings. The van der Waals surface area contributed by atoms with Crippen LogP contribution in [0.5, 0.6) is 0 Å². The van der Waals surface area contributed by atoms with Gasteiger partial charge in [0.2, 0.25) is 0 Å². The van der Waals surface area contributed by atoms with Gasteiger partial charge in [0.05, 0.1) is 17.5 Å².